The molecule has 1 rings (SSSR count). The highest BCUT2D eigenvalue weighted by Crippen LogP contribution is 2.09. The van der Waals surface area contributed by atoms with Crippen molar-refractivity contribution in [1.29, 1.82) is 0 Å². The molecule has 1 amide bonds. The Labute approximate surface area is 79.0 Å². The zero-order valence-corrected chi connectivity index (χ0v) is 8.29. The molecule has 1 aromatic carbocycles. The number of aryl methyl sites for hydroxylation is 1. The summed E-state index contributed by atoms with van der Waals surface area (Å²) in [6.07, 6.45) is 0. The molecule has 0 saturated heterocycles. The molecule has 2 nitrogen and oxygen atoms in total. The highest BCUT2D eigenvalue weighted by molar-refractivity contribution is 5.91. The molecule has 2 heteroatoms. The molecule has 70 valence electrons. The Morgan fingerprint density at radius 3 is 2.23 bits per heavy atom. The highest BCUT2D eigenvalue weighted by atomic mass is 16.1. The van der Waals surface area contributed by atoms with Crippen molar-refractivity contribution >= 4 is 11.6 Å². The van der Waals surface area contributed by atoms with E-state index in [2.05, 4.69) is 5.32 Å². The van der Waals surface area contributed by atoms with Gasteiger partial charge >= 0.3 is 0 Å². The fourth-order valence-electron chi connectivity index (χ4n) is 0.923. The second-order valence-corrected chi connectivity index (χ2v) is 3.51. The zero-order valence-electron chi connectivity index (χ0n) is 8.29. The van der Waals surface area contributed by atoms with E-state index in [-0.39, 0.29) is 11.8 Å². The fourth-order valence-corrected chi connectivity index (χ4v) is 0.923. The Bertz CT molecular complexity index is 287. The summed E-state index contributed by atoms with van der Waals surface area (Å²) in [6.45, 7) is 5.78. The molecule has 0 spiro atoms. The monoisotopic (exact) mass is 177 g/mol. The van der Waals surface area contributed by atoms with Crippen LogP contribution in [0.3, 0.4) is 0 Å². The molecule has 0 radical (unpaired) electrons. The quantitative estimate of drug-likeness (QED) is 0.739. The third kappa shape index (κ3) is 2.90. The normalized spacial score (nSPS) is 10.2. The molecule has 0 aliphatic rings. The number of rotatable bonds is 2. The van der Waals surface area contributed by atoms with Crippen LogP contribution in [0.1, 0.15) is 19.4 Å². The van der Waals surface area contributed by atoms with E-state index in [0.29, 0.717) is 0 Å². The van der Waals surface area contributed by atoms with Gasteiger partial charge in [-0.2, -0.15) is 0 Å². The summed E-state index contributed by atoms with van der Waals surface area (Å²) in [5.74, 6) is 0.0881. The minimum absolute atomic E-state index is 0.0290. The van der Waals surface area contributed by atoms with Crippen molar-refractivity contribution in [2.45, 2.75) is 20.8 Å². The lowest BCUT2D eigenvalue weighted by Crippen LogP contribution is -2.17. The van der Waals surface area contributed by atoms with Gasteiger partial charge in [0.25, 0.3) is 0 Å². The third-order valence-corrected chi connectivity index (χ3v) is 1.84. The minimum Gasteiger partial charge on any atom is -0.326 e. The van der Waals surface area contributed by atoms with Crippen LogP contribution in [-0.2, 0) is 4.79 Å². The summed E-state index contributed by atoms with van der Waals surface area (Å²) in [4.78, 5) is 11.3. The smallest absolute Gasteiger partial charge is 0.226 e. The predicted octanol–water partition coefficient (Wildman–Crippen LogP) is 2.59. The van der Waals surface area contributed by atoms with Crippen molar-refractivity contribution in [3.63, 3.8) is 0 Å². The summed E-state index contributed by atoms with van der Waals surface area (Å²) in [5.41, 5.74) is 2.06. The van der Waals surface area contributed by atoms with E-state index in [9.17, 15) is 4.79 Å². The van der Waals surface area contributed by atoms with Crippen LogP contribution in [0.5, 0.6) is 0 Å². The van der Waals surface area contributed by atoms with E-state index in [1.165, 1.54) is 5.56 Å². The molecule has 0 bridgehead atoms. The van der Waals surface area contributed by atoms with Gasteiger partial charge in [-0.3, -0.25) is 4.79 Å². The molecule has 1 N–H and O–H groups in total. The molecular formula is C11H15NO. The van der Waals surface area contributed by atoms with Crippen molar-refractivity contribution in [2.75, 3.05) is 5.32 Å². The van der Waals surface area contributed by atoms with E-state index in [0.717, 1.165) is 5.69 Å². The Morgan fingerprint density at radius 1 is 1.23 bits per heavy atom. The van der Waals surface area contributed by atoms with Crippen molar-refractivity contribution in [1.82, 2.24) is 0 Å². The van der Waals surface area contributed by atoms with Gasteiger partial charge in [0.2, 0.25) is 5.91 Å². The average Bonchev–Trinajstić information content (AvgIpc) is 2.08. The number of benzene rings is 1. The molecule has 0 saturated carbocycles. The van der Waals surface area contributed by atoms with Crippen LogP contribution in [0.15, 0.2) is 24.3 Å². The Kier molecular flexibility index (Phi) is 3.07. The molecule has 0 fully saturated rings. The third-order valence-electron chi connectivity index (χ3n) is 1.84. The molecule has 0 aromatic heterocycles. The van der Waals surface area contributed by atoms with Crippen LogP contribution in [0.25, 0.3) is 0 Å². The molecule has 1 aromatic rings. The Hall–Kier alpha value is -1.31. The number of hydrogen-bond donors (Lipinski definition) is 1. The van der Waals surface area contributed by atoms with Crippen LogP contribution in [-0.4, -0.2) is 5.91 Å². The van der Waals surface area contributed by atoms with Crippen LogP contribution in [0.2, 0.25) is 0 Å². The lowest BCUT2D eigenvalue weighted by Gasteiger charge is -2.07. The van der Waals surface area contributed by atoms with Crippen molar-refractivity contribution < 1.29 is 4.79 Å². The van der Waals surface area contributed by atoms with E-state index in [1.54, 1.807) is 0 Å². The second kappa shape index (κ2) is 4.08. The molecule has 0 aliphatic carbocycles. The maximum atomic E-state index is 11.3. The predicted molar refractivity (Wildman–Crippen MR) is 54.6 cm³/mol. The summed E-state index contributed by atoms with van der Waals surface area (Å²) < 4.78 is 0. The topological polar surface area (TPSA) is 29.1 Å². The Balaban J connectivity index is 2.65. The SMILES string of the molecule is Cc1ccc(NC(=O)C(C)C)cc1. The number of nitrogens with one attached hydrogen (secondary N) is 1. The maximum Gasteiger partial charge on any atom is 0.226 e. The lowest BCUT2D eigenvalue weighted by molar-refractivity contribution is -0.118. The van der Waals surface area contributed by atoms with Gasteiger partial charge in [-0.1, -0.05) is 31.5 Å². The van der Waals surface area contributed by atoms with E-state index >= 15 is 0 Å². The first-order chi connectivity index (χ1) is 6.09. The number of amides is 1. The van der Waals surface area contributed by atoms with Gasteiger partial charge in [0, 0.05) is 11.6 Å². The fraction of sp³-hybridized carbons (Fsp3) is 0.364. The first-order valence-electron chi connectivity index (χ1n) is 4.47. The summed E-state index contributed by atoms with van der Waals surface area (Å²) in [7, 11) is 0. The summed E-state index contributed by atoms with van der Waals surface area (Å²) in [5, 5.41) is 2.83. The van der Waals surface area contributed by atoms with Crippen molar-refractivity contribution in [3.05, 3.63) is 29.8 Å². The number of anilines is 1. The van der Waals surface area contributed by atoms with Crippen molar-refractivity contribution in [2.24, 2.45) is 5.92 Å². The van der Waals surface area contributed by atoms with Gasteiger partial charge in [-0.15, -0.1) is 0 Å². The Morgan fingerprint density at radius 2 is 1.77 bits per heavy atom. The van der Waals surface area contributed by atoms with Crippen LogP contribution in [0, 0.1) is 12.8 Å². The summed E-state index contributed by atoms with van der Waals surface area (Å²) >= 11 is 0. The van der Waals surface area contributed by atoms with Gasteiger partial charge < -0.3 is 5.32 Å². The molecular weight excluding hydrogens is 162 g/mol. The molecule has 0 heterocycles. The van der Waals surface area contributed by atoms with Gasteiger partial charge in [-0.05, 0) is 19.1 Å². The molecule has 13 heavy (non-hydrogen) atoms. The standard InChI is InChI=1S/C11H15NO/c1-8(2)11(13)12-10-6-4-9(3)5-7-10/h4-8H,1-3H3,(H,12,13). The number of carbonyl (C=O) groups is 1. The van der Waals surface area contributed by atoms with Gasteiger partial charge in [-0.25, -0.2) is 0 Å². The van der Waals surface area contributed by atoms with Gasteiger partial charge in [0.15, 0.2) is 0 Å². The number of carbonyl (C=O) groups excluding carboxylic acids is 1. The summed E-state index contributed by atoms with van der Waals surface area (Å²) in [6, 6.07) is 7.79. The maximum absolute atomic E-state index is 11.3. The average molecular weight is 177 g/mol. The second-order valence-electron chi connectivity index (χ2n) is 3.51. The van der Waals surface area contributed by atoms with E-state index in [4.69, 9.17) is 0 Å². The van der Waals surface area contributed by atoms with Crippen LogP contribution >= 0.6 is 0 Å². The van der Waals surface area contributed by atoms with Gasteiger partial charge in [0.1, 0.15) is 0 Å². The van der Waals surface area contributed by atoms with E-state index in [1.807, 2.05) is 45.0 Å². The van der Waals surface area contributed by atoms with Crippen LogP contribution in [0.4, 0.5) is 5.69 Å². The number of hydrogen-bond acceptors (Lipinski definition) is 1. The van der Waals surface area contributed by atoms with Crippen molar-refractivity contribution in [3.8, 4) is 0 Å². The zero-order chi connectivity index (χ0) is 9.84. The first-order valence-corrected chi connectivity index (χ1v) is 4.47. The molecule has 0 atom stereocenters. The van der Waals surface area contributed by atoms with Gasteiger partial charge in [0.05, 0.1) is 0 Å². The lowest BCUT2D eigenvalue weighted by atomic mass is 10.2. The molecule has 0 unspecified atom stereocenters. The van der Waals surface area contributed by atoms with E-state index < -0.39 is 0 Å². The van der Waals surface area contributed by atoms with Crippen LogP contribution < -0.4 is 5.32 Å². The highest BCUT2D eigenvalue weighted by Gasteiger charge is 2.05. The molecule has 0 aliphatic heterocycles. The first kappa shape index (κ1) is 9.78. The minimum atomic E-state index is 0.0290. The largest absolute Gasteiger partial charge is 0.326 e.